The van der Waals surface area contributed by atoms with Crippen molar-refractivity contribution in [3.63, 3.8) is 0 Å². The number of rotatable bonds is 16. The van der Waals surface area contributed by atoms with Crippen molar-refractivity contribution < 1.29 is 23.1 Å². The summed E-state index contributed by atoms with van der Waals surface area (Å²) >= 11 is 1.49. The molecule has 9 nitrogen and oxygen atoms in total. The van der Waals surface area contributed by atoms with Crippen LogP contribution in [0.5, 0.6) is 5.75 Å². The molecule has 2 atom stereocenters. The van der Waals surface area contributed by atoms with Crippen LogP contribution in [-0.2, 0) is 21.2 Å². The molecule has 46 heavy (non-hydrogen) atoms. The summed E-state index contributed by atoms with van der Waals surface area (Å²) in [5.74, 6) is 0.232. The summed E-state index contributed by atoms with van der Waals surface area (Å²) in [6, 6.07) is 21.1. The number of aryl methyl sites for hydroxylation is 2. The molecule has 3 aromatic carbocycles. The molecule has 1 amide bonds. The van der Waals surface area contributed by atoms with Crippen molar-refractivity contribution >= 4 is 32.4 Å². The normalized spacial score (nSPS) is 13.0. The zero-order valence-corrected chi connectivity index (χ0v) is 28.7. The Hall–Kier alpha value is -3.77. The predicted octanol–water partition coefficient (Wildman–Crippen LogP) is 5.67. The number of aliphatic hydroxyl groups excluding tert-OH is 1. The maximum Gasteiger partial charge on any atom is 0.258 e. The number of aliphatic hydroxyl groups is 1. The van der Waals surface area contributed by atoms with Crippen molar-refractivity contribution in [3.05, 3.63) is 94.9 Å². The Morgan fingerprint density at radius 2 is 1.65 bits per heavy atom. The summed E-state index contributed by atoms with van der Waals surface area (Å²) in [7, 11) is -3.98. The van der Waals surface area contributed by atoms with Gasteiger partial charge in [-0.1, -0.05) is 74.5 Å². The van der Waals surface area contributed by atoms with Gasteiger partial charge in [0.15, 0.2) is 11.7 Å². The minimum Gasteiger partial charge on any atom is -0.483 e. The van der Waals surface area contributed by atoms with E-state index in [9.17, 15) is 18.3 Å². The lowest BCUT2D eigenvalue weighted by molar-refractivity contribution is -0.124. The van der Waals surface area contributed by atoms with Gasteiger partial charge in [-0.15, -0.1) is 11.3 Å². The molecule has 3 N–H and O–H groups in total. The van der Waals surface area contributed by atoms with Crippen LogP contribution in [0.15, 0.2) is 83.1 Å². The Morgan fingerprint density at radius 1 is 0.978 bits per heavy atom. The Labute approximate surface area is 276 Å². The lowest BCUT2D eigenvalue weighted by atomic mass is 10.0. The number of sulfonamides is 1. The minimum atomic E-state index is -3.98. The van der Waals surface area contributed by atoms with Gasteiger partial charge in [-0.05, 0) is 61.9 Å². The lowest BCUT2D eigenvalue weighted by Crippen LogP contribution is -2.52. The maximum atomic E-state index is 14.0. The molecule has 11 heteroatoms. The molecular weight excluding hydrogens is 621 g/mol. The van der Waals surface area contributed by atoms with E-state index >= 15 is 0 Å². The highest BCUT2D eigenvalue weighted by Crippen LogP contribution is 2.27. The standard InChI is InChI=1S/C35H44N4O5S2/c1-6-36-35-38-31(23-45-35)28-15-17-29(18-16-28)46(42,43)39(20-24(2)3)21-32(40)30(19-27-13-8-7-9-14-27)37-33(41)22-44-34-25(4)11-10-12-26(34)5/h7-18,23-24,30,32,40H,6,19-22H2,1-5H3,(H,36,38)(H,37,41)/t30-,32+/m0/s1. The third kappa shape index (κ3) is 9.38. The van der Waals surface area contributed by atoms with Crippen LogP contribution in [0.4, 0.5) is 5.13 Å². The topological polar surface area (TPSA) is 121 Å². The maximum absolute atomic E-state index is 14.0. The van der Waals surface area contributed by atoms with E-state index in [2.05, 4.69) is 15.6 Å². The highest BCUT2D eigenvalue weighted by Gasteiger charge is 2.31. The van der Waals surface area contributed by atoms with Crippen molar-refractivity contribution in [2.75, 3.05) is 31.6 Å². The van der Waals surface area contributed by atoms with Crippen LogP contribution in [0.2, 0.25) is 0 Å². The van der Waals surface area contributed by atoms with Gasteiger partial charge in [0.2, 0.25) is 10.0 Å². The van der Waals surface area contributed by atoms with Gasteiger partial charge < -0.3 is 20.5 Å². The number of nitrogens with zero attached hydrogens (tertiary/aromatic N) is 2. The molecule has 0 spiro atoms. The van der Waals surface area contributed by atoms with E-state index in [-0.39, 0.29) is 30.5 Å². The first kappa shape index (κ1) is 35.1. The fourth-order valence-electron chi connectivity index (χ4n) is 5.16. The summed E-state index contributed by atoms with van der Waals surface area (Å²) in [6.07, 6.45) is -0.888. The van der Waals surface area contributed by atoms with Gasteiger partial charge in [0.05, 0.1) is 22.7 Å². The Kier molecular flexibility index (Phi) is 12.3. The number of amides is 1. The van der Waals surface area contributed by atoms with Crippen LogP contribution in [0.1, 0.15) is 37.5 Å². The third-order valence-corrected chi connectivity index (χ3v) is 10.1. The number of thiazole rings is 1. The number of para-hydroxylation sites is 1. The molecule has 0 aliphatic heterocycles. The van der Waals surface area contributed by atoms with Crippen LogP contribution in [0.25, 0.3) is 11.3 Å². The molecule has 1 aromatic heterocycles. The first-order valence-electron chi connectivity index (χ1n) is 15.5. The molecule has 4 rings (SSSR count). The molecule has 4 aromatic rings. The highest BCUT2D eigenvalue weighted by atomic mass is 32.2. The van der Waals surface area contributed by atoms with Crippen molar-refractivity contribution in [1.82, 2.24) is 14.6 Å². The molecule has 0 saturated carbocycles. The second-order valence-corrected chi connectivity index (χ2v) is 14.5. The number of aromatic nitrogens is 1. The van der Waals surface area contributed by atoms with Crippen LogP contribution in [-0.4, -0.2) is 67.1 Å². The van der Waals surface area contributed by atoms with Crippen LogP contribution < -0.4 is 15.4 Å². The second kappa shape index (κ2) is 16.2. The van der Waals surface area contributed by atoms with Gasteiger partial charge in [-0.3, -0.25) is 4.79 Å². The highest BCUT2D eigenvalue weighted by molar-refractivity contribution is 7.89. The Morgan fingerprint density at radius 3 is 2.28 bits per heavy atom. The van der Waals surface area contributed by atoms with Gasteiger partial charge in [0.25, 0.3) is 5.91 Å². The second-order valence-electron chi connectivity index (χ2n) is 11.7. The summed E-state index contributed by atoms with van der Waals surface area (Å²) in [4.78, 5) is 17.8. The summed E-state index contributed by atoms with van der Waals surface area (Å²) < 4.78 is 35.1. The number of carbonyl (C=O) groups is 1. The van der Waals surface area contributed by atoms with Gasteiger partial charge in [0, 0.05) is 30.6 Å². The number of benzene rings is 3. The van der Waals surface area contributed by atoms with Crippen molar-refractivity contribution in [2.45, 2.75) is 58.1 Å². The third-order valence-electron chi connectivity index (χ3n) is 7.45. The Balaban J connectivity index is 1.53. The molecule has 0 unspecified atom stereocenters. The summed E-state index contributed by atoms with van der Waals surface area (Å²) in [6.45, 7) is 10.2. The number of hydrogen-bond donors (Lipinski definition) is 3. The van der Waals surface area contributed by atoms with Gasteiger partial charge in [-0.25, -0.2) is 13.4 Å². The first-order valence-corrected chi connectivity index (χ1v) is 17.8. The van der Waals surface area contributed by atoms with Crippen LogP contribution >= 0.6 is 11.3 Å². The monoisotopic (exact) mass is 664 g/mol. The SMILES string of the molecule is CCNc1nc(-c2ccc(S(=O)(=O)N(CC(C)C)C[C@@H](O)[C@H](Cc3ccccc3)NC(=O)COc3c(C)cccc3C)cc2)cs1. The summed E-state index contributed by atoms with van der Waals surface area (Å²) in [5.41, 5.74) is 4.31. The van der Waals surface area contributed by atoms with E-state index in [0.717, 1.165) is 39.6 Å². The molecule has 0 aliphatic rings. The van der Waals surface area contributed by atoms with E-state index in [0.29, 0.717) is 12.2 Å². The average Bonchev–Trinajstić information content (AvgIpc) is 3.49. The number of nitrogens with one attached hydrogen (secondary N) is 2. The molecular formula is C35H44N4O5S2. The predicted molar refractivity (Wildman–Crippen MR) is 185 cm³/mol. The van der Waals surface area contributed by atoms with E-state index in [4.69, 9.17) is 4.74 Å². The zero-order valence-electron chi connectivity index (χ0n) is 27.1. The van der Waals surface area contributed by atoms with E-state index in [1.165, 1.54) is 15.6 Å². The quantitative estimate of drug-likeness (QED) is 0.141. The van der Waals surface area contributed by atoms with Gasteiger partial charge in [0.1, 0.15) is 5.75 Å². The van der Waals surface area contributed by atoms with Crippen molar-refractivity contribution in [1.29, 1.82) is 0 Å². The van der Waals surface area contributed by atoms with Crippen molar-refractivity contribution in [2.24, 2.45) is 5.92 Å². The van der Waals surface area contributed by atoms with Crippen LogP contribution in [0, 0.1) is 19.8 Å². The smallest absolute Gasteiger partial charge is 0.258 e. The average molecular weight is 665 g/mol. The minimum absolute atomic E-state index is 0.00587. The van der Waals surface area contributed by atoms with E-state index in [1.54, 1.807) is 24.3 Å². The van der Waals surface area contributed by atoms with Crippen molar-refractivity contribution in [3.8, 4) is 17.0 Å². The van der Waals surface area contributed by atoms with E-state index < -0.39 is 28.1 Å². The van der Waals surface area contributed by atoms with Crippen LogP contribution in [0.3, 0.4) is 0 Å². The summed E-state index contributed by atoms with van der Waals surface area (Å²) in [5, 5.41) is 20.4. The Bertz CT molecular complexity index is 1650. The number of carbonyl (C=O) groups excluding carboxylic acids is 1. The fourth-order valence-corrected chi connectivity index (χ4v) is 7.58. The fraction of sp³-hybridized carbons (Fsp3) is 0.371. The zero-order chi connectivity index (χ0) is 33.3. The number of anilines is 1. The van der Waals surface area contributed by atoms with Gasteiger partial charge >= 0.3 is 0 Å². The molecule has 0 saturated heterocycles. The van der Waals surface area contributed by atoms with Gasteiger partial charge in [-0.2, -0.15) is 4.31 Å². The number of ether oxygens (including phenoxy) is 1. The molecule has 0 bridgehead atoms. The molecule has 0 radical (unpaired) electrons. The molecule has 1 heterocycles. The van der Waals surface area contributed by atoms with E-state index in [1.807, 2.05) is 88.5 Å². The largest absolute Gasteiger partial charge is 0.483 e. The first-order chi connectivity index (χ1) is 22.0. The molecule has 246 valence electrons. The lowest BCUT2D eigenvalue weighted by Gasteiger charge is -2.31. The molecule has 0 fully saturated rings. The molecule has 0 aliphatic carbocycles. The number of hydrogen-bond acceptors (Lipinski definition) is 8.